The Bertz CT molecular complexity index is 1330. The van der Waals surface area contributed by atoms with Gasteiger partial charge in [0, 0.05) is 6.20 Å². The van der Waals surface area contributed by atoms with E-state index in [0.29, 0.717) is 23.2 Å². The van der Waals surface area contributed by atoms with Crippen molar-refractivity contribution in [1.29, 1.82) is 0 Å². The third kappa shape index (κ3) is 4.06. The highest BCUT2D eigenvalue weighted by atomic mass is 16.5. The number of anilines is 1. The zero-order chi connectivity index (χ0) is 22.6. The maximum absolute atomic E-state index is 12.5. The number of nitrogens with zero attached hydrogens (tertiary/aromatic N) is 4. The number of benzene rings is 2. The van der Waals surface area contributed by atoms with Gasteiger partial charge in [-0.25, -0.2) is 14.8 Å². The van der Waals surface area contributed by atoms with Crippen LogP contribution in [-0.4, -0.2) is 32.2 Å². The average Bonchev–Trinajstić information content (AvgIpc) is 3.54. The molecule has 0 fully saturated rings. The molecule has 0 saturated carbocycles. The molecule has 0 bridgehead atoms. The number of hydrogen-bond acceptors (Lipinski definition) is 7. The van der Waals surface area contributed by atoms with Gasteiger partial charge in [-0.15, -0.1) is 5.10 Å². The lowest BCUT2D eigenvalue weighted by molar-refractivity contribution is 0.0527. The predicted octanol–water partition coefficient (Wildman–Crippen LogP) is 4.76. The third-order valence-corrected chi connectivity index (χ3v) is 5.14. The molecule has 3 heterocycles. The molecule has 33 heavy (non-hydrogen) atoms. The molecule has 0 unspecified atom stereocenters. The van der Waals surface area contributed by atoms with Crippen molar-refractivity contribution in [3.63, 3.8) is 0 Å². The second kappa shape index (κ2) is 8.96. The molecule has 0 aliphatic rings. The van der Waals surface area contributed by atoms with E-state index in [9.17, 15) is 4.79 Å². The SMILES string of the molecule is CCOC(=O)c1cnc(NC(c2ccccc2)c2ccccc2)n2nc(-c3ccco3)nc12. The van der Waals surface area contributed by atoms with E-state index in [1.807, 2.05) is 60.7 Å². The van der Waals surface area contributed by atoms with Gasteiger partial charge in [0.2, 0.25) is 11.8 Å². The topological polar surface area (TPSA) is 94.5 Å². The summed E-state index contributed by atoms with van der Waals surface area (Å²) in [6.07, 6.45) is 3.01. The molecule has 5 rings (SSSR count). The summed E-state index contributed by atoms with van der Waals surface area (Å²) in [6, 6.07) is 23.4. The van der Waals surface area contributed by atoms with Crippen LogP contribution in [0.15, 0.2) is 89.7 Å². The lowest BCUT2D eigenvalue weighted by atomic mass is 9.99. The molecule has 0 saturated heterocycles. The van der Waals surface area contributed by atoms with Gasteiger partial charge in [0.25, 0.3) is 0 Å². The van der Waals surface area contributed by atoms with E-state index in [2.05, 4.69) is 20.4 Å². The van der Waals surface area contributed by atoms with Gasteiger partial charge in [0.1, 0.15) is 5.56 Å². The van der Waals surface area contributed by atoms with Gasteiger partial charge in [-0.2, -0.15) is 4.52 Å². The molecular formula is C25H21N5O3. The number of furan rings is 1. The summed E-state index contributed by atoms with van der Waals surface area (Å²) in [4.78, 5) is 21.6. The fourth-order valence-corrected chi connectivity index (χ4v) is 3.61. The highest BCUT2D eigenvalue weighted by molar-refractivity contribution is 5.96. The normalized spacial score (nSPS) is 11.1. The molecule has 0 aliphatic heterocycles. The van der Waals surface area contributed by atoms with E-state index in [1.54, 1.807) is 25.3 Å². The number of esters is 1. The number of rotatable bonds is 7. The van der Waals surface area contributed by atoms with Gasteiger partial charge in [-0.05, 0) is 30.2 Å². The average molecular weight is 439 g/mol. The van der Waals surface area contributed by atoms with Gasteiger partial charge >= 0.3 is 5.97 Å². The molecule has 3 aromatic heterocycles. The summed E-state index contributed by atoms with van der Waals surface area (Å²) in [6.45, 7) is 2.00. The molecule has 8 heteroatoms. The van der Waals surface area contributed by atoms with Crippen molar-refractivity contribution in [2.24, 2.45) is 0 Å². The van der Waals surface area contributed by atoms with E-state index >= 15 is 0 Å². The van der Waals surface area contributed by atoms with Gasteiger partial charge in [-0.1, -0.05) is 60.7 Å². The minimum Gasteiger partial charge on any atom is -0.462 e. The molecular weight excluding hydrogens is 418 g/mol. The van der Waals surface area contributed by atoms with E-state index < -0.39 is 5.97 Å². The van der Waals surface area contributed by atoms with E-state index in [-0.39, 0.29) is 18.2 Å². The monoisotopic (exact) mass is 439 g/mol. The summed E-state index contributed by atoms with van der Waals surface area (Å²) in [5, 5.41) is 8.06. The number of carbonyl (C=O) groups is 1. The van der Waals surface area contributed by atoms with E-state index in [0.717, 1.165) is 11.1 Å². The smallest absolute Gasteiger partial charge is 0.343 e. The Morgan fingerprint density at radius 3 is 2.33 bits per heavy atom. The first-order valence-corrected chi connectivity index (χ1v) is 10.6. The fourth-order valence-electron chi connectivity index (χ4n) is 3.61. The van der Waals surface area contributed by atoms with Gasteiger partial charge in [-0.3, -0.25) is 0 Å². The largest absolute Gasteiger partial charge is 0.462 e. The van der Waals surface area contributed by atoms with Crippen LogP contribution in [-0.2, 0) is 4.74 Å². The van der Waals surface area contributed by atoms with E-state index in [4.69, 9.17) is 9.15 Å². The molecule has 5 aromatic rings. The Kier molecular flexibility index (Phi) is 5.55. The first-order valence-electron chi connectivity index (χ1n) is 10.6. The molecule has 0 aliphatic carbocycles. The number of ether oxygens (including phenoxy) is 1. The Labute approximate surface area is 189 Å². The van der Waals surface area contributed by atoms with Crippen molar-refractivity contribution in [3.05, 3.63) is 102 Å². The second-order valence-electron chi connectivity index (χ2n) is 7.26. The van der Waals surface area contributed by atoms with Crippen molar-refractivity contribution in [1.82, 2.24) is 19.6 Å². The molecule has 1 N–H and O–H groups in total. The molecule has 164 valence electrons. The summed E-state index contributed by atoms with van der Waals surface area (Å²) >= 11 is 0. The Hall–Kier alpha value is -4.46. The van der Waals surface area contributed by atoms with Crippen molar-refractivity contribution < 1.29 is 13.9 Å². The fraction of sp³-hybridized carbons (Fsp3) is 0.120. The van der Waals surface area contributed by atoms with Crippen LogP contribution in [0.1, 0.15) is 34.5 Å². The highest BCUT2D eigenvalue weighted by Crippen LogP contribution is 2.27. The van der Waals surface area contributed by atoms with Crippen LogP contribution < -0.4 is 5.32 Å². The van der Waals surface area contributed by atoms with Crippen molar-refractivity contribution in [3.8, 4) is 11.6 Å². The van der Waals surface area contributed by atoms with Gasteiger partial charge in [0.15, 0.2) is 11.4 Å². The first-order chi connectivity index (χ1) is 16.2. The Morgan fingerprint density at radius 1 is 1.03 bits per heavy atom. The standard InChI is InChI=1S/C25H21N5O3/c1-2-32-24(31)19-16-26-25(30-23(19)28-22(29-30)20-14-9-15-33-20)27-21(17-10-5-3-6-11-17)18-12-7-4-8-13-18/h3-16,21H,2H2,1H3,(H,26,27). The summed E-state index contributed by atoms with van der Waals surface area (Å²) < 4.78 is 12.2. The molecule has 0 atom stereocenters. The van der Waals surface area contributed by atoms with Crippen LogP contribution >= 0.6 is 0 Å². The maximum Gasteiger partial charge on any atom is 0.343 e. The van der Waals surface area contributed by atoms with E-state index in [1.165, 1.54) is 10.7 Å². The molecule has 0 radical (unpaired) electrons. The quantitative estimate of drug-likeness (QED) is 0.365. The lowest BCUT2D eigenvalue weighted by Crippen LogP contribution is -2.17. The summed E-state index contributed by atoms with van der Waals surface area (Å²) in [7, 11) is 0. The van der Waals surface area contributed by atoms with Gasteiger partial charge in [0.05, 0.1) is 18.9 Å². The molecule has 0 amide bonds. The second-order valence-corrected chi connectivity index (χ2v) is 7.26. The van der Waals surface area contributed by atoms with Crippen LogP contribution in [0.3, 0.4) is 0 Å². The van der Waals surface area contributed by atoms with Crippen LogP contribution in [0.5, 0.6) is 0 Å². The lowest BCUT2D eigenvalue weighted by Gasteiger charge is -2.20. The van der Waals surface area contributed by atoms with Crippen molar-refractivity contribution >= 4 is 17.6 Å². The number of hydrogen-bond donors (Lipinski definition) is 1. The zero-order valence-electron chi connectivity index (χ0n) is 17.9. The number of carbonyl (C=O) groups excluding carboxylic acids is 1. The minimum atomic E-state index is -0.511. The number of aromatic nitrogens is 4. The molecule has 8 nitrogen and oxygen atoms in total. The van der Waals surface area contributed by atoms with Crippen LogP contribution in [0, 0.1) is 0 Å². The summed E-state index contributed by atoms with van der Waals surface area (Å²) in [5.41, 5.74) is 2.67. The molecule has 0 spiro atoms. The zero-order valence-corrected chi connectivity index (χ0v) is 17.9. The Balaban J connectivity index is 1.64. The number of fused-ring (bicyclic) bond motifs is 1. The Morgan fingerprint density at radius 2 is 1.73 bits per heavy atom. The van der Waals surface area contributed by atoms with Crippen LogP contribution in [0.4, 0.5) is 5.95 Å². The highest BCUT2D eigenvalue weighted by Gasteiger charge is 2.23. The molecule has 2 aromatic carbocycles. The predicted molar refractivity (Wildman–Crippen MR) is 123 cm³/mol. The van der Waals surface area contributed by atoms with Gasteiger partial charge < -0.3 is 14.5 Å². The first kappa shape index (κ1) is 20.4. The maximum atomic E-state index is 12.5. The minimum absolute atomic E-state index is 0.201. The van der Waals surface area contributed by atoms with Crippen molar-refractivity contribution in [2.45, 2.75) is 13.0 Å². The third-order valence-electron chi connectivity index (χ3n) is 5.14. The van der Waals surface area contributed by atoms with Crippen LogP contribution in [0.2, 0.25) is 0 Å². The number of nitrogens with one attached hydrogen (secondary N) is 1. The van der Waals surface area contributed by atoms with Crippen molar-refractivity contribution in [2.75, 3.05) is 11.9 Å². The summed E-state index contributed by atoms with van der Waals surface area (Å²) in [5.74, 6) is 0.753. The van der Waals surface area contributed by atoms with Crippen LogP contribution in [0.25, 0.3) is 17.2 Å².